The Morgan fingerprint density at radius 2 is 2.08 bits per heavy atom. The van der Waals surface area contributed by atoms with Crippen molar-refractivity contribution in [2.45, 2.75) is 4.90 Å². The molecule has 13 heavy (non-hydrogen) atoms. The van der Waals surface area contributed by atoms with Crippen molar-refractivity contribution in [2.75, 3.05) is 0 Å². The zero-order valence-corrected chi connectivity index (χ0v) is 8.82. The van der Waals surface area contributed by atoms with Crippen molar-refractivity contribution in [2.24, 2.45) is 0 Å². The van der Waals surface area contributed by atoms with Crippen LogP contribution in [0.25, 0.3) is 0 Å². The van der Waals surface area contributed by atoms with Crippen LogP contribution in [0.1, 0.15) is 0 Å². The van der Waals surface area contributed by atoms with Crippen molar-refractivity contribution in [1.82, 2.24) is 4.72 Å². The van der Waals surface area contributed by atoms with Gasteiger partial charge in [-0.3, -0.25) is 0 Å². The molecule has 71 valence electrons. The molecule has 0 amide bonds. The Morgan fingerprint density at radius 1 is 1.46 bits per heavy atom. The molecule has 0 fully saturated rings. The van der Waals surface area contributed by atoms with Gasteiger partial charge in [-0.15, -0.1) is 0 Å². The molecular formula is C7H6BrFNO2S. The maximum Gasteiger partial charge on any atom is 0.243 e. The lowest BCUT2D eigenvalue weighted by atomic mass is 10.3. The zero-order chi connectivity index (χ0) is 10.1. The number of nitrogens with one attached hydrogen (secondary N) is 1. The van der Waals surface area contributed by atoms with Crippen molar-refractivity contribution < 1.29 is 12.8 Å². The first-order valence-electron chi connectivity index (χ1n) is 3.21. The molecule has 3 nitrogen and oxygen atoms in total. The van der Waals surface area contributed by atoms with Gasteiger partial charge in [0, 0.05) is 11.5 Å². The molecule has 0 atom stereocenters. The Bertz CT molecular complexity index is 419. The van der Waals surface area contributed by atoms with Gasteiger partial charge in [-0.1, -0.05) is 15.9 Å². The first-order chi connectivity index (χ1) is 5.97. The van der Waals surface area contributed by atoms with E-state index in [1.54, 1.807) is 4.72 Å². The fourth-order valence-corrected chi connectivity index (χ4v) is 1.82. The second-order valence-electron chi connectivity index (χ2n) is 2.22. The summed E-state index contributed by atoms with van der Waals surface area (Å²) in [5, 5.41) is 0. The summed E-state index contributed by atoms with van der Waals surface area (Å²) in [5.41, 5.74) is 0. The predicted molar refractivity (Wildman–Crippen MR) is 49.8 cm³/mol. The Hall–Kier alpha value is -0.460. The Kier molecular flexibility index (Phi) is 3.05. The van der Waals surface area contributed by atoms with Gasteiger partial charge < -0.3 is 0 Å². The number of rotatable bonds is 2. The van der Waals surface area contributed by atoms with Gasteiger partial charge in [0.25, 0.3) is 0 Å². The topological polar surface area (TPSA) is 46.2 Å². The summed E-state index contributed by atoms with van der Waals surface area (Å²) in [7, 11) is -0.822. The highest BCUT2D eigenvalue weighted by atomic mass is 79.9. The molecule has 0 aliphatic carbocycles. The smallest absolute Gasteiger partial charge is 0.210 e. The lowest BCUT2D eigenvalue weighted by Crippen LogP contribution is -2.17. The summed E-state index contributed by atoms with van der Waals surface area (Å²) in [5.74, 6) is -0.814. The van der Waals surface area contributed by atoms with Crippen LogP contribution >= 0.6 is 15.9 Å². The molecule has 1 aromatic carbocycles. The van der Waals surface area contributed by atoms with E-state index in [-0.39, 0.29) is 0 Å². The van der Waals surface area contributed by atoms with Crippen LogP contribution in [-0.2, 0) is 10.0 Å². The summed E-state index contributed by atoms with van der Waals surface area (Å²) in [6.07, 6.45) is 0. The molecule has 6 heteroatoms. The molecule has 0 saturated carbocycles. The van der Waals surface area contributed by atoms with E-state index in [9.17, 15) is 12.8 Å². The van der Waals surface area contributed by atoms with E-state index in [4.69, 9.17) is 0 Å². The fourth-order valence-electron chi connectivity index (χ4n) is 0.771. The van der Waals surface area contributed by atoms with E-state index in [0.29, 0.717) is 4.47 Å². The maximum atomic E-state index is 13.1. The largest absolute Gasteiger partial charge is 0.243 e. The van der Waals surface area contributed by atoms with Crippen molar-refractivity contribution in [3.8, 4) is 0 Å². The van der Waals surface area contributed by atoms with Gasteiger partial charge in [-0.05, 0) is 18.2 Å². The monoisotopic (exact) mass is 266 g/mol. The molecule has 1 rings (SSSR count). The third kappa shape index (κ3) is 2.26. The van der Waals surface area contributed by atoms with E-state index in [0.717, 1.165) is 12.1 Å². The van der Waals surface area contributed by atoms with E-state index < -0.39 is 20.7 Å². The first kappa shape index (κ1) is 10.6. The third-order valence-corrected chi connectivity index (χ3v) is 3.16. The van der Waals surface area contributed by atoms with Gasteiger partial charge in [0.05, 0.1) is 0 Å². The minimum atomic E-state index is -3.80. The number of hydrogen-bond acceptors (Lipinski definition) is 2. The van der Waals surface area contributed by atoms with Gasteiger partial charge in [-0.2, -0.15) is 0 Å². The van der Waals surface area contributed by atoms with Crippen molar-refractivity contribution in [3.05, 3.63) is 35.5 Å². The quantitative estimate of drug-likeness (QED) is 0.885. The highest BCUT2D eigenvalue weighted by Crippen LogP contribution is 2.18. The molecule has 0 saturated heterocycles. The lowest BCUT2D eigenvalue weighted by molar-refractivity contribution is 0.562. The van der Waals surface area contributed by atoms with Gasteiger partial charge >= 0.3 is 0 Å². The number of hydrogen-bond donors (Lipinski definition) is 1. The van der Waals surface area contributed by atoms with Crippen LogP contribution in [0.2, 0.25) is 0 Å². The molecule has 0 spiro atoms. The van der Waals surface area contributed by atoms with E-state index in [1.807, 2.05) is 0 Å². The molecule has 0 heterocycles. The minimum Gasteiger partial charge on any atom is -0.210 e. The standard InChI is InChI=1S/C7H6BrFNO2S/c1-10-13(11,12)7-3-2-5(8)4-6(7)9/h2-4,10H,1H2. The second-order valence-corrected chi connectivity index (χ2v) is 4.87. The maximum absolute atomic E-state index is 13.1. The lowest BCUT2D eigenvalue weighted by Gasteiger charge is -2.03. The third-order valence-electron chi connectivity index (χ3n) is 1.37. The van der Waals surface area contributed by atoms with Crippen molar-refractivity contribution in [3.63, 3.8) is 0 Å². The van der Waals surface area contributed by atoms with Crippen LogP contribution in [-0.4, -0.2) is 8.42 Å². The summed E-state index contributed by atoms with van der Waals surface area (Å²) < 4.78 is 37.5. The van der Waals surface area contributed by atoms with Gasteiger partial charge in [0.1, 0.15) is 10.7 Å². The molecular weight excluding hydrogens is 261 g/mol. The molecule has 1 N–H and O–H groups in total. The first-order valence-corrected chi connectivity index (χ1v) is 5.49. The molecule has 1 radical (unpaired) electrons. The van der Waals surface area contributed by atoms with Gasteiger partial charge in [0.2, 0.25) is 10.0 Å². The Balaban J connectivity index is 3.33. The number of sulfonamides is 1. The Labute approximate surface area is 84.1 Å². The average Bonchev–Trinajstić information content (AvgIpc) is 2.03. The Morgan fingerprint density at radius 3 is 2.54 bits per heavy atom. The molecule has 0 aromatic heterocycles. The average molecular weight is 267 g/mol. The molecule has 0 unspecified atom stereocenters. The van der Waals surface area contributed by atoms with Crippen LogP contribution in [0, 0.1) is 12.9 Å². The van der Waals surface area contributed by atoms with Crippen LogP contribution in [0.15, 0.2) is 27.6 Å². The van der Waals surface area contributed by atoms with E-state index in [1.165, 1.54) is 6.07 Å². The van der Waals surface area contributed by atoms with Crippen LogP contribution in [0.4, 0.5) is 4.39 Å². The fraction of sp³-hybridized carbons (Fsp3) is 0. The summed E-state index contributed by atoms with van der Waals surface area (Å²) >= 11 is 3.01. The summed E-state index contributed by atoms with van der Waals surface area (Å²) in [4.78, 5) is -0.411. The van der Waals surface area contributed by atoms with E-state index >= 15 is 0 Å². The highest BCUT2D eigenvalue weighted by molar-refractivity contribution is 9.10. The van der Waals surface area contributed by atoms with Crippen molar-refractivity contribution >= 4 is 26.0 Å². The molecule has 0 aliphatic rings. The SMILES string of the molecule is [CH2]NS(=O)(=O)c1ccc(Br)cc1F. The number of halogens is 2. The van der Waals surface area contributed by atoms with Crippen LogP contribution < -0.4 is 4.72 Å². The highest BCUT2D eigenvalue weighted by Gasteiger charge is 2.16. The summed E-state index contributed by atoms with van der Waals surface area (Å²) in [6, 6.07) is 3.67. The van der Waals surface area contributed by atoms with Gasteiger partial charge in [-0.25, -0.2) is 17.5 Å². The molecule has 0 bridgehead atoms. The summed E-state index contributed by atoms with van der Waals surface area (Å²) in [6.45, 7) is 0. The van der Waals surface area contributed by atoms with Crippen molar-refractivity contribution in [1.29, 1.82) is 0 Å². The van der Waals surface area contributed by atoms with Crippen LogP contribution in [0.5, 0.6) is 0 Å². The number of benzene rings is 1. The van der Waals surface area contributed by atoms with E-state index in [2.05, 4.69) is 23.0 Å². The molecule has 0 aliphatic heterocycles. The predicted octanol–water partition coefficient (Wildman–Crippen LogP) is 1.66. The minimum absolute atomic E-state index is 0.411. The zero-order valence-electron chi connectivity index (χ0n) is 6.42. The second kappa shape index (κ2) is 3.73. The van der Waals surface area contributed by atoms with Gasteiger partial charge in [0.15, 0.2) is 0 Å². The molecule has 1 aromatic rings. The van der Waals surface area contributed by atoms with Crippen LogP contribution in [0.3, 0.4) is 0 Å². The normalized spacial score (nSPS) is 11.6.